The van der Waals surface area contributed by atoms with Crippen LogP contribution in [0, 0.1) is 5.92 Å². The number of nitrogens with zero attached hydrogens (tertiary/aromatic N) is 3. The molecule has 1 aliphatic rings. The number of hydrogen-bond acceptors (Lipinski definition) is 7. The summed E-state index contributed by atoms with van der Waals surface area (Å²) in [6.07, 6.45) is 4.43. The van der Waals surface area contributed by atoms with E-state index in [0.29, 0.717) is 35.3 Å². The van der Waals surface area contributed by atoms with Gasteiger partial charge in [0.2, 0.25) is 5.95 Å². The molecule has 0 amide bonds. The molecule has 36 heavy (non-hydrogen) atoms. The van der Waals surface area contributed by atoms with E-state index in [1.54, 1.807) is 14.2 Å². The highest BCUT2D eigenvalue weighted by molar-refractivity contribution is 7.80. The van der Waals surface area contributed by atoms with E-state index in [2.05, 4.69) is 22.0 Å². The number of anilines is 2. The number of hydrogen-bond donors (Lipinski definition) is 3. The van der Waals surface area contributed by atoms with Gasteiger partial charge in [-0.05, 0) is 62.0 Å². The second-order valence-electron chi connectivity index (χ2n) is 9.36. The van der Waals surface area contributed by atoms with Gasteiger partial charge in [0.15, 0.2) is 16.6 Å². The Labute approximate surface area is 218 Å². The summed E-state index contributed by atoms with van der Waals surface area (Å²) in [5.41, 5.74) is 1.96. The van der Waals surface area contributed by atoms with E-state index in [4.69, 9.17) is 31.7 Å². The van der Waals surface area contributed by atoms with E-state index >= 15 is 0 Å². The maximum Gasteiger partial charge on any atom is 0.225 e. The summed E-state index contributed by atoms with van der Waals surface area (Å²) in [7, 11) is 7.32. The third kappa shape index (κ3) is 6.26. The van der Waals surface area contributed by atoms with Crippen LogP contribution in [-0.2, 0) is 6.54 Å². The van der Waals surface area contributed by atoms with Crippen LogP contribution in [0.25, 0.3) is 10.9 Å². The first-order chi connectivity index (χ1) is 17.5. The molecule has 2 aromatic carbocycles. The molecule has 0 unspecified atom stereocenters. The summed E-state index contributed by atoms with van der Waals surface area (Å²) in [6.45, 7) is 1.44. The molecular weight excluding hydrogens is 472 g/mol. The van der Waals surface area contributed by atoms with Crippen LogP contribution in [-0.4, -0.2) is 56.0 Å². The molecule has 1 fully saturated rings. The molecule has 8 nitrogen and oxygen atoms in total. The Bertz CT molecular complexity index is 1180. The normalized spacial score (nSPS) is 17.3. The third-order valence-corrected chi connectivity index (χ3v) is 6.95. The van der Waals surface area contributed by atoms with Gasteiger partial charge in [-0.15, -0.1) is 0 Å². The van der Waals surface area contributed by atoms with Crippen molar-refractivity contribution in [2.24, 2.45) is 5.92 Å². The Morgan fingerprint density at radius 1 is 0.972 bits per heavy atom. The van der Waals surface area contributed by atoms with Crippen LogP contribution in [0.3, 0.4) is 0 Å². The monoisotopic (exact) mass is 508 g/mol. The lowest BCUT2D eigenvalue weighted by molar-refractivity contribution is 0.335. The predicted octanol–water partition coefficient (Wildman–Crippen LogP) is 4.35. The van der Waals surface area contributed by atoms with Crippen molar-refractivity contribution in [3.63, 3.8) is 0 Å². The number of nitrogens with one attached hydrogen (secondary N) is 3. The summed E-state index contributed by atoms with van der Waals surface area (Å²) < 4.78 is 10.9. The van der Waals surface area contributed by atoms with Crippen molar-refractivity contribution in [3.8, 4) is 11.5 Å². The summed E-state index contributed by atoms with van der Waals surface area (Å²) in [4.78, 5) is 11.6. The highest BCUT2D eigenvalue weighted by atomic mass is 32.1. The molecular formula is C27H36N6O2S. The minimum Gasteiger partial charge on any atom is -0.493 e. The van der Waals surface area contributed by atoms with Crippen molar-refractivity contribution in [1.82, 2.24) is 20.6 Å². The summed E-state index contributed by atoms with van der Waals surface area (Å²) in [5.74, 6) is 3.68. The average Bonchev–Trinajstić information content (AvgIpc) is 2.90. The number of methoxy groups -OCH3 is 2. The van der Waals surface area contributed by atoms with Gasteiger partial charge in [-0.2, -0.15) is 4.98 Å². The fraction of sp³-hybridized carbons (Fsp3) is 0.444. The fourth-order valence-corrected chi connectivity index (χ4v) is 4.88. The molecule has 3 aromatic rings. The topological polar surface area (TPSA) is 83.6 Å². The lowest BCUT2D eigenvalue weighted by atomic mass is 9.86. The zero-order valence-corrected chi connectivity index (χ0v) is 22.3. The lowest BCUT2D eigenvalue weighted by Gasteiger charge is -2.30. The second kappa shape index (κ2) is 12.1. The molecule has 0 bridgehead atoms. The molecule has 0 radical (unpaired) electrons. The van der Waals surface area contributed by atoms with Gasteiger partial charge in [-0.1, -0.05) is 24.3 Å². The van der Waals surface area contributed by atoms with Gasteiger partial charge >= 0.3 is 0 Å². The standard InChI is InChI=1S/C27H36N6O2S/c1-33(2)25-21-9-5-6-10-22(21)31-26(32-25)30-20-14-12-18(13-15-20)16-28-27(36)29-17-19-8-7-11-23(34-3)24(19)35-4/h5-11,18,20H,12-17H2,1-4H3,(H2,28,29,36)(H,30,31,32)/t18-,20+. The quantitative estimate of drug-likeness (QED) is 0.365. The minimum atomic E-state index is 0.378. The summed E-state index contributed by atoms with van der Waals surface area (Å²) >= 11 is 5.52. The van der Waals surface area contributed by atoms with Crippen LogP contribution in [0.2, 0.25) is 0 Å². The van der Waals surface area contributed by atoms with Crippen LogP contribution < -0.4 is 30.3 Å². The Balaban J connectivity index is 1.24. The number of para-hydroxylation sites is 2. The Morgan fingerprint density at radius 3 is 2.47 bits per heavy atom. The second-order valence-corrected chi connectivity index (χ2v) is 9.77. The van der Waals surface area contributed by atoms with Crippen LogP contribution in [0.1, 0.15) is 31.2 Å². The molecule has 0 atom stereocenters. The van der Waals surface area contributed by atoms with Crippen LogP contribution >= 0.6 is 12.2 Å². The highest BCUT2D eigenvalue weighted by Crippen LogP contribution is 2.31. The van der Waals surface area contributed by atoms with E-state index in [1.165, 1.54) is 0 Å². The molecule has 3 N–H and O–H groups in total. The highest BCUT2D eigenvalue weighted by Gasteiger charge is 2.22. The Morgan fingerprint density at radius 2 is 1.75 bits per heavy atom. The fourth-order valence-electron chi connectivity index (χ4n) is 4.73. The van der Waals surface area contributed by atoms with Gasteiger partial charge < -0.3 is 30.3 Å². The number of ether oxygens (including phenoxy) is 2. The van der Waals surface area contributed by atoms with Crippen LogP contribution in [0.4, 0.5) is 11.8 Å². The molecule has 192 valence electrons. The molecule has 0 spiro atoms. The smallest absolute Gasteiger partial charge is 0.225 e. The van der Waals surface area contributed by atoms with Gasteiger partial charge in [0.25, 0.3) is 0 Å². The average molecular weight is 509 g/mol. The van der Waals surface area contributed by atoms with E-state index in [9.17, 15) is 0 Å². The summed E-state index contributed by atoms with van der Waals surface area (Å²) in [5, 5.41) is 12.0. The third-order valence-electron chi connectivity index (χ3n) is 6.66. The Kier molecular flexibility index (Phi) is 8.64. The molecule has 0 saturated heterocycles. The van der Waals surface area contributed by atoms with Gasteiger partial charge in [0, 0.05) is 44.2 Å². The molecule has 1 saturated carbocycles. The van der Waals surface area contributed by atoms with Crippen molar-refractivity contribution < 1.29 is 9.47 Å². The van der Waals surface area contributed by atoms with Gasteiger partial charge in [0.1, 0.15) is 5.82 Å². The van der Waals surface area contributed by atoms with E-state index in [0.717, 1.165) is 60.3 Å². The minimum absolute atomic E-state index is 0.378. The number of rotatable bonds is 9. The maximum atomic E-state index is 5.52. The zero-order chi connectivity index (χ0) is 25.5. The number of benzene rings is 2. The van der Waals surface area contributed by atoms with Crippen molar-refractivity contribution in [2.75, 3.05) is 45.1 Å². The van der Waals surface area contributed by atoms with Crippen LogP contribution in [0.5, 0.6) is 11.5 Å². The van der Waals surface area contributed by atoms with Crippen LogP contribution in [0.15, 0.2) is 42.5 Å². The SMILES string of the molecule is COc1cccc(CNC(=S)NC[C@H]2CC[C@@H](Nc3nc(N(C)C)c4ccccc4n3)CC2)c1OC. The first-order valence-electron chi connectivity index (χ1n) is 12.4. The number of fused-ring (bicyclic) bond motifs is 1. The molecule has 4 rings (SSSR count). The van der Waals surface area contributed by atoms with Gasteiger partial charge in [-0.25, -0.2) is 4.98 Å². The lowest BCUT2D eigenvalue weighted by Crippen LogP contribution is -2.39. The van der Waals surface area contributed by atoms with Gasteiger partial charge in [0.05, 0.1) is 19.7 Å². The molecule has 9 heteroatoms. The molecule has 1 aromatic heterocycles. The van der Waals surface area contributed by atoms with Crippen molar-refractivity contribution in [2.45, 2.75) is 38.3 Å². The molecule has 0 aliphatic heterocycles. The zero-order valence-electron chi connectivity index (χ0n) is 21.5. The van der Waals surface area contributed by atoms with E-state index in [1.807, 2.05) is 55.4 Å². The summed E-state index contributed by atoms with van der Waals surface area (Å²) in [6, 6.07) is 14.4. The molecule has 1 heterocycles. The Hall–Kier alpha value is -3.33. The number of aromatic nitrogens is 2. The maximum absolute atomic E-state index is 5.52. The predicted molar refractivity (Wildman–Crippen MR) is 150 cm³/mol. The number of thiocarbonyl (C=S) groups is 1. The van der Waals surface area contributed by atoms with E-state index in [-0.39, 0.29) is 0 Å². The van der Waals surface area contributed by atoms with E-state index < -0.39 is 0 Å². The van der Waals surface area contributed by atoms with Crippen molar-refractivity contribution >= 4 is 40.0 Å². The first-order valence-corrected chi connectivity index (χ1v) is 12.8. The van der Waals surface area contributed by atoms with Crippen molar-refractivity contribution in [3.05, 3.63) is 48.0 Å². The van der Waals surface area contributed by atoms with Gasteiger partial charge in [-0.3, -0.25) is 0 Å². The largest absolute Gasteiger partial charge is 0.493 e. The van der Waals surface area contributed by atoms with Crippen molar-refractivity contribution in [1.29, 1.82) is 0 Å². The molecule has 1 aliphatic carbocycles. The first kappa shape index (κ1) is 25.8.